The van der Waals surface area contributed by atoms with Crippen molar-refractivity contribution in [2.45, 2.75) is 44.6 Å². The zero-order valence-electron chi connectivity index (χ0n) is 22.0. The number of hydrogen-bond acceptors (Lipinski definition) is 5. The standard InChI is InChI=1S/C28H31Cl2N3O4S2/c1-18(2)10-13-32(39(36,37)22-7-5-21(6-8-22)31-19(3)34)17-27(35)33-14-11-26-24(12-15-38-26)28(33)23-9-4-20(29)16-25(23)30/h4-9,12,15-16,18,28H,10-11,13-14,17H2,1-3H3,(H,31,34). The lowest BCUT2D eigenvalue weighted by Gasteiger charge is -2.38. The van der Waals surface area contributed by atoms with Gasteiger partial charge in [0.1, 0.15) is 0 Å². The molecule has 0 spiro atoms. The molecule has 7 nitrogen and oxygen atoms in total. The molecular formula is C28H31Cl2N3O4S2. The number of thiophene rings is 1. The van der Waals surface area contributed by atoms with Crippen molar-refractivity contribution < 1.29 is 18.0 Å². The molecule has 0 radical (unpaired) electrons. The van der Waals surface area contributed by atoms with Gasteiger partial charge in [-0.3, -0.25) is 9.59 Å². The number of hydrogen-bond donors (Lipinski definition) is 1. The molecule has 0 fully saturated rings. The minimum absolute atomic E-state index is 0.0595. The van der Waals surface area contributed by atoms with Crippen molar-refractivity contribution in [2.24, 2.45) is 5.92 Å². The Morgan fingerprint density at radius 2 is 1.82 bits per heavy atom. The van der Waals surface area contributed by atoms with Crippen molar-refractivity contribution >= 4 is 62.1 Å². The van der Waals surface area contributed by atoms with E-state index in [1.54, 1.807) is 28.4 Å². The second kappa shape index (κ2) is 12.4. The number of anilines is 1. The number of sulfonamides is 1. The highest BCUT2D eigenvalue weighted by Crippen LogP contribution is 2.41. The Labute approximate surface area is 243 Å². The van der Waals surface area contributed by atoms with Crippen LogP contribution in [0.2, 0.25) is 10.0 Å². The van der Waals surface area contributed by atoms with Crippen LogP contribution in [0.25, 0.3) is 0 Å². The number of carbonyl (C=O) groups is 2. The van der Waals surface area contributed by atoms with E-state index in [9.17, 15) is 18.0 Å². The van der Waals surface area contributed by atoms with Crippen LogP contribution >= 0.6 is 34.5 Å². The van der Waals surface area contributed by atoms with Crippen LogP contribution in [-0.2, 0) is 26.0 Å². The summed E-state index contributed by atoms with van der Waals surface area (Å²) in [6, 6.07) is 12.8. The molecular weight excluding hydrogens is 577 g/mol. The summed E-state index contributed by atoms with van der Waals surface area (Å²) in [5.74, 6) is -0.311. The molecule has 2 aromatic carbocycles. The quantitative estimate of drug-likeness (QED) is 0.312. The number of fused-ring (bicyclic) bond motifs is 1. The molecule has 0 aliphatic carbocycles. The van der Waals surface area contributed by atoms with Gasteiger partial charge in [0.15, 0.2) is 0 Å². The van der Waals surface area contributed by atoms with Crippen molar-refractivity contribution in [1.29, 1.82) is 0 Å². The maximum Gasteiger partial charge on any atom is 0.243 e. The Balaban J connectivity index is 1.65. The van der Waals surface area contributed by atoms with Crippen LogP contribution in [0.1, 0.15) is 49.2 Å². The zero-order chi connectivity index (χ0) is 28.3. The number of rotatable bonds is 9. The number of nitrogens with one attached hydrogen (secondary N) is 1. The smallest absolute Gasteiger partial charge is 0.243 e. The van der Waals surface area contributed by atoms with Gasteiger partial charge in [-0.25, -0.2) is 8.42 Å². The fourth-order valence-electron chi connectivity index (χ4n) is 4.63. The summed E-state index contributed by atoms with van der Waals surface area (Å²) in [6.45, 7) is 5.74. The number of halogens is 2. The van der Waals surface area contributed by atoms with Crippen LogP contribution in [0, 0.1) is 5.92 Å². The molecule has 2 heterocycles. The van der Waals surface area contributed by atoms with Gasteiger partial charge < -0.3 is 10.2 Å². The number of amides is 2. The van der Waals surface area contributed by atoms with Gasteiger partial charge in [-0.1, -0.05) is 43.1 Å². The van der Waals surface area contributed by atoms with Crippen molar-refractivity contribution in [3.8, 4) is 0 Å². The molecule has 1 N–H and O–H groups in total. The van der Waals surface area contributed by atoms with Gasteiger partial charge in [0.25, 0.3) is 0 Å². The van der Waals surface area contributed by atoms with Gasteiger partial charge in [-0.05, 0) is 77.7 Å². The first kappa shape index (κ1) is 29.6. The van der Waals surface area contributed by atoms with Crippen molar-refractivity contribution in [3.63, 3.8) is 0 Å². The molecule has 3 aromatic rings. The van der Waals surface area contributed by atoms with E-state index in [1.165, 1.54) is 40.4 Å². The summed E-state index contributed by atoms with van der Waals surface area (Å²) in [5.41, 5.74) is 2.24. The van der Waals surface area contributed by atoms with Crippen LogP contribution in [0.3, 0.4) is 0 Å². The highest BCUT2D eigenvalue weighted by molar-refractivity contribution is 7.89. The molecule has 1 aliphatic heterocycles. The minimum Gasteiger partial charge on any atom is -0.330 e. The highest BCUT2D eigenvalue weighted by atomic mass is 35.5. The summed E-state index contributed by atoms with van der Waals surface area (Å²) in [4.78, 5) is 28.2. The first-order chi connectivity index (χ1) is 18.5. The van der Waals surface area contributed by atoms with Gasteiger partial charge in [0, 0.05) is 40.6 Å². The van der Waals surface area contributed by atoms with Gasteiger partial charge in [-0.2, -0.15) is 4.31 Å². The highest BCUT2D eigenvalue weighted by Gasteiger charge is 2.36. The van der Waals surface area contributed by atoms with E-state index in [-0.39, 0.29) is 35.7 Å². The fourth-order valence-corrected chi connectivity index (χ4v) is 7.45. The summed E-state index contributed by atoms with van der Waals surface area (Å²) in [6.07, 6.45) is 1.28. The van der Waals surface area contributed by atoms with Crippen LogP contribution in [0.5, 0.6) is 0 Å². The topological polar surface area (TPSA) is 86.8 Å². The lowest BCUT2D eigenvalue weighted by atomic mass is 9.93. The molecule has 11 heteroatoms. The second-order valence-electron chi connectivity index (χ2n) is 9.93. The van der Waals surface area contributed by atoms with E-state index in [2.05, 4.69) is 5.32 Å². The average molecular weight is 609 g/mol. The van der Waals surface area contributed by atoms with Crippen molar-refractivity contribution in [3.05, 3.63) is 80.0 Å². The summed E-state index contributed by atoms with van der Waals surface area (Å²) in [5, 5.41) is 5.59. The largest absolute Gasteiger partial charge is 0.330 e. The number of carbonyl (C=O) groups excluding carboxylic acids is 2. The summed E-state index contributed by atoms with van der Waals surface area (Å²) >= 11 is 14.4. The predicted molar refractivity (Wildman–Crippen MR) is 157 cm³/mol. The lowest BCUT2D eigenvalue weighted by molar-refractivity contribution is -0.133. The molecule has 1 aromatic heterocycles. The third-order valence-corrected chi connectivity index (χ3v) is 10.0. The molecule has 2 amide bonds. The van der Waals surface area contributed by atoms with E-state index in [0.29, 0.717) is 35.1 Å². The molecule has 0 bridgehead atoms. The Morgan fingerprint density at radius 1 is 1.10 bits per heavy atom. The van der Waals surface area contributed by atoms with Gasteiger partial charge in [0.05, 0.1) is 17.5 Å². The fraction of sp³-hybridized carbons (Fsp3) is 0.357. The van der Waals surface area contributed by atoms with E-state index in [0.717, 1.165) is 11.1 Å². The maximum absolute atomic E-state index is 13.9. The summed E-state index contributed by atoms with van der Waals surface area (Å²) < 4.78 is 28.7. The first-order valence-electron chi connectivity index (χ1n) is 12.7. The molecule has 1 unspecified atom stereocenters. The van der Waals surface area contributed by atoms with Crippen LogP contribution < -0.4 is 5.32 Å². The summed E-state index contributed by atoms with van der Waals surface area (Å²) in [7, 11) is -3.99. The molecule has 208 valence electrons. The first-order valence-corrected chi connectivity index (χ1v) is 15.7. The van der Waals surface area contributed by atoms with Crippen molar-refractivity contribution in [2.75, 3.05) is 25.0 Å². The van der Waals surface area contributed by atoms with Gasteiger partial charge in [0.2, 0.25) is 21.8 Å². The van der Waals surface area contributed by atoms with Crippen LogP contribution in [0.15, 0.2) is 58.8 Å². The lowest BCUT2D eigenvalue weighted by Crippen LogP contribution is -2.47. The number of nitrogens with zero attached hydrogens (tertiary/aromatic N) is 2. The average Bonchev–Trinajstić information content (AvgIpc) is 3.35. The minimum atomic E-state index is -3.99. The molecule has 1 atom stereocenters. The molecule has 1 aliphatic rings. The Hall–Kier alpha value is -2.43. The molecule has 0 saturated heterocycles. The van der Waals surface area contributed by atoms with Crippen molar-refractivity contribution in [1.82, 2.24) is 9.21 Å². The molecule has 39 heavy (non-hydrogen) atoms. The van der Waals surface area contributed by atoms with E-state index < -0.39 is 16.1 Å². The molecule has 4 rings (SSSR count). The zero-order valence-corrected chi connectivity index (χ0v) is 25.1. The van der Waals surface area contributed by atoms with Gasteiger partial charge >= 0.3 is 0 Å². The van der Waals surface area contributed by atoms with E-state index in [4.69, 9.17) is 23.2 Å². The monoisotopic (exact) mass is 607 g/mol. The van der Waals surface area contributed by atoms with Crippen LogP contribution in [-0.4, -0.2) is 49.1 Å². The third kappa shape index (κ3) is 6.84. The third-order valence-electron chi connectivity index (χ3n) is 6.62. The Kier molecular flexibility index (Phi) is 9.39. The SMILES string of the molecule is CC(=O)Nc1ccc(S(=O)(=O)N(CCC(C)C)CC(=O)N2CCc3sccc3C2c2ccc(Cl)cc2Cl)cc1. The second-order valence-corrected chi connectivity index (χ2v) is 13.7. The maximum atomic E-state index is 13.9. The molecule has 0 saturated carbocycles. The normalized spacial score (nSPS) is 15.5. The van der Waals surface area contributed by atoms with Crippen LogP contribution in [0.4, 0.5) is 5.69 Å². The Morgan fingerprint density at radius 3 is 2.46 bits per heavy atom. The number of benzene rings is 2. The Bertz CT molecular complexity index is 1460. The van der Waals surface area contributed by atoms with E-state index >= 15 is 0 Å². The van der Waals surface area contributed by atoms with E-state index in [1.807, 2.05) is 31.4 Å². The van der Waals surface area contributed by atoms with Gasteiger partial charge in [-0.15, -0.1) is 11.3 Å². The predicted octanol–water partition coefficient (Wildman–Crippen LogP) is 6.22.